The number of rotatable bonds is 3. The van der Waals surface area contributed by atoms with Gasteiger partial charge in [-0.2, -0.15) is 0 Å². The molecular formula is C7H11F2NO2. The second kappa shape index (κ2) is 3.80. The zero-order valence-electron chi connectivity index (χ0n) is 6.46. The third-order valence-corrected chi connectivity index (χ3v) is 1.97. The molecule has 0 aliphatic carbocycles. The predicted octanol–water partition coefficient (Wildman–Crippen LogP) is 0.139. The Balaban J connectivity index is 2.32. The van der Waals surface area contributed by atoms with Gasteiger partial charge in [-0.15, -0.1) is 0 Å². The van der Waals surface area contributed by atoms with Crippen LogP contribution in [0.2, 0.25) is 0 Å². The minimum Gasteiger partial charge on any atom is -0.393 e. The van der Waals surface area contributed by atoms with Crippen molar-refractivity contribution >= 4 is 5.91 Å². The van der Waals surface area contributed by atoms with E-state index in [-0.39, 0.29) is 18.2 Å². The average molecular weight is 179 g/mol. The Morgan fingerprint density at radius 1 is 1.67 bits per heavy atom. The minimum atomic E-state index is -2.50. The van der Waals surface area contributed by atoms with Gasteiger partial charge in [-0.25, -0.2) is 8.78 Å². The second-order valence-corrected chi connectivity index (χ2v) is 2.96. The van der Waals surface area contributed by atoms with Crippen LogP contribution >= 0.6 is 0 Å². The molecule has 1 aliphatic rings. The van der Waals surface area contributed by atoms with E-state index in [0.717, 1.165) is 0 Å². The fourth-order valence-electron chi connectivity index (χ4n) is 1.27. The normalized spacial score (nSPS) is 26.0. The predicted molar refractivity (Wildman–Crippen MR) is 37.7 cm³/mol. The smallest absolute Gasteiger partial charge is 0.241 e. The molecule has 0 aromatic heterocycles. The van der Waals surface area contributed by atoms with Gasteiger partial charge in [-0.05, 0) is 0 Å². The quantitative estimate of drug-likeness (QED) is 0.647. The Hall–Kier alpha value is -0.710. The largest absolute Gasteiger partial charge is 0.393 e. The van der Waals surface area contributed by atoms with Gasteiger partial charge < -0.3 is 10.4 Å². The summed E-state index contributed by atoms with van der Waals surface area (Å²) in [6.07, 6.45) is -3.95. The summed E-state index contributed by atoms with van der Waals surface area (Å²) in [5.74, 6) is -0.514. The third-order valence-electron chi connectivity index (χ3n) is 1.97. The van der Waals surface area contributed by atoms with Crippen molar-refractivity contribution in [3.05, 3.63) is 0 Å². The van der Waals surface area contributed by atoms with Gasteiger partial charge in [0.15, 0.2) is 0 Å². The summed E-state index contributed by atoms with van der Waals surface area (Å²) in [6, 6.07) is 0. The van der Waals surface area contributed by atoms with Crippen LogP contribution in [-0.2, 0) is 4.79 Å². The first-order valence-electron chi connectivity index (χ1n) is 3.82. The number of alkyl halides is 2. The molecule has 0 bridgehead atoms. The maximum atomic E-state index is 11.8. The number of amides is 1. The van der Waals surface area contributed by atoms with E-state index in [9.17, 15) is 13.6 Å². The highest BCUT2D eigenvalue weighted by atomic mass is 19.3. The lowest BCUT2D eigenvalue weighted by Gasteiger charge is -2.14. The number of aliphatic hydroxyl groups excluding tert-OH is 1. The van der Waals surface area contributed by atoms with Gasteiger partial charge in [0, 0.05) is 25.3 Å². The minimum absolute atomic E-state index is 0.161. The summed E-state index contributed by atoms with van der Waals surface area (Å²) in [5.41, 5.74) is 0. The zero-order valence-corrected chi connectivity index (χ0v) is 6.46. The van der Waals surface area contributed by atoms with Crippen LogP contribution in [0.1, 0.15) is 12.8 Å². The lowest BCUT2D eigenvalue weighted by Crippen LogP contribution is -2.24. The van der Waals surface area contributed by atoms with E-state index >= 15 is 0 Å². The van der Waals surface area contributed by atoms with Crippen molar-refractivity contribution in [3.8, 4) is 0 Å². The summed E-state index contributed by atoms with van der Waals surface area (Å²) in [6.45, 7) is 0.312. The van der Waals surface area contributed by atoms with Crippen molar-refractivity contribution in [2.24, 2.45) is 5.92 Å². The van der Waals surface area contributed by atoms with Crippen LogP contribution in [0.4, 0.5) is 8.78 Å². The molecule has 0 spiro atoms. The molecule has 12 heavy (non-hydrogen) atoms. The van der Waals surface area contributed by atoms with Gasteiger partial charge in [-0.1, -0.05) is 0 Å². The molecule has 2 unspecified atom stereocenters. The van der Waals surface area contributed by atoms with Gasteiger partial charge in [0.05, 0.1) is 6.10 Å². The Bertz CT molecular complexity index is 175. The van der Waals surface area contributed by atoms with Crippen LogP contribution in [-0.4, -0.2) is 30.1 Å². The first kappa shape index (κ1) is 9.38. The molecule has 0 aromatic rings. The van der Waals surface area contributed by atoms with E-state index in [4.69, 9.17) is 5.11 Å². The van der Waals surface area contributed by atoms with Crippen LogP contribution in [0.5, 0.6) is 0 Å². The molecule has 1 rings (SSSR count). The highest BCUT2D eigenvalue weighted by Crippen LogP contribution is 2.18. The summed E-state index contributed by atoms with van der Waals surface area (Å²) in [5, 5.41) is 11.6. The molecule has 1 amide bonds. The van der Waals surface area contributed by atoms with Crippen molar-refractivity contribution in [3.63, 3.8) is 0 Å². The summed E-state index contributed by atoms with van der Waals surface area (Å²) in [4.78, 5) is 10.6. The molecule has 0 radical (unpaired) electrons. The molecule has 1 fully saturated rings. The third kappa shape index (κ3) is 2.41. The summed E-state index contributed by atoms with van der Waals surface area (Å²) < 4.78 is 23.5. The van der Waals surface area contributed by atoms with Crippen LogP contribution < -0.4 is 5.32 Å². The number of hydrogen-bond acceptors (Lipinski definition) is 2. The average Bonchev–Trinajstić information content (AvgIpc) is 2.34. The van der Waals surface area contributed by atoms with Crippen molar-refractivity contribution in [1.29, 1.82) is 0 Å². The maximum absolute atomic E-state index is 11.8. The highest BCUT2D eigenvalue weighted by Gasteiger charge is 2.29. The molecule has 0 saturated carbocycles. The van der Waals surface area contributed by atoms with Gasteiger partial charge in [-0.3, -0.25) is 4.79 Å². The lowest BCUT2D eigenvalue weighted by molar-refractivity contribution is -0.119. The standard InChI is InChI=1S/C7H11F2NO2/c8-6(9)2-5(11)4-1-7(12)10-3-4/h4-6,11H,1-3H2,(H,10,12). The zero-order chi connectivity index (χ0) is 9.14. The number of carbonyl (C=O) groups excluding carboxylic acids is 1. The lowest BCUT2D eigenvalue weighted by atomic mass is 9.99. The van der Waals surface area contributed by atoms with E-state index in [1.807, 2.05) is 0 Å². The molecule has 70 valence electrons. The molecular weight excluding hydrogens is 168 g/mol. The van der Waals surface area contributed by atoms with Gasteiger partial charge in [0.25, 0.3) is 0 Å². The summed E-state index contributed by atoms with van der Waals surface area (Å²) in [7, 11) is 0. The Kier molecular flexibility index (Phi) is 2.97. The first-order valence-corrected chi connectivity index (χ1v) is 3.82. The first-order chi connectivity index (χ1) is 5.59. The Morgan fingerprint density at radius 2 is 2.33 bits per heavy atom. The van der Waals surface area contributed by atoms with Crippen molar-refractivity contribution < 1.29 is 18.7 Å². The van der Waals surface area contributed by atoms with E-state index in [2.05, 4.69) is 5.32 Å². The number of halogens is 2. The van der Waals surface area contributed by atoms with Gasteiger partial charge in [0.1, 0.15) is 0 Å². The van der Waals surface area contributed by atoms with E-state index in [1.54, 1.807) is 0 Å². The van der Waals surface area contributed by atoms with Crippen LogP contribution in [0.15, 0.2) is 0 Å². The Labute approximate surface area is 68.8 Å². The monoisotopic (exact) mass is 179 g/mol. The SMILES string of the molecule is O=C1CC(C(O)CC(F)F)CN1. The Morgan fingerprint density at radius 3 is 2.75 bits per heavy atom. The molecule has 1 heterocycles. The molecule has 3 nitrogen and oxygen atoms in total. The van der Waals surface area contributed by atoms with Crippen molar-refractivity contribution in [1.82, 2.24) is 5.32 Å². The topological polar surface area (TPSA) is 49.3 Å². The molecule has 2 atom stereocenters. The van der Waals surface area contributed by atoms with E-state index in [1.165, 1.54) is 0 Å². The van der Waals surface area contributed by atoms with Crippen molar-refractivity contribution in [2.75, 3.05) is 6.54 Å². The molecule has 0 aromatic carbocycles. The fraction of sp³-hybridized carbons (Fsp3) is 0.857. The van der Waals surface area contributed by atoms with Crippen LogP contribution in [0.25, 0.3) is 0 Å². The number of hydrogen-bond donors (Lipinski definition) is 2. The van der Waals surface area contributed by atoms with Gasteiger partial charge in [0.2, 0.25) is 12.3 Å². The van der Waals surface area contributed by atoms with Crippen LogP contribution in [0.3, 0.4) is 0 Å². The summed E-state index contributed by atoms with van der Waals surface area (Å²) >= 11 is 0. The maximum Gasteiger partial charge on any atom is 0.241 e. The second-order valence-electron chi connectivity index (χ2n) is 2.96. The van der Waals surface area contributed by atoms with E-state index < -0.39 is 19.0 Å². The number of carbonyl (C=O) groups is 1. The van der Waals surface area contributed by atoms with Crippen molar-refractivity contribution in [2.45, 2.75) is 25.4 Å². The van der Waals surface area contributed by atoms with E-state index in [0.29, 0.717) is 6.54 Å². The number of aliphatic hydroxyl groups is 1. The van der Waals surface area contributed by atoms with Crippen LogP contribution in [0, 0.1) is 5.92 Å². The molecule has 5 heteroatoms. The molecule has 1 saturated heterocycles. The molecule has 2 N–H and O–H groups in total. The molecule has 1 aliphatic heterocycles. The number of nitrogens with one attached hydrogen (secondary N) is 1. The van der Waals surface area contributed by atoms with Gasteiger partial charge >= 0.3 is 0 Å². The fourth-order valence-corrected chi connectivity index (χ4v) is 1.27. The highest BCUT2D eigenvalue weighted by molar-refractivity contribution is 5.78.